The summed E-state index contributed by atoms with van der Waals surface area (Å²) < 4.78 is 0. The quantitative estimate of drug-likeness (QED) is 0.514. The Morgan fingerprint density at radius 2 is 2.36 bits per heavy atom. The highest BCUT2D eigenvalue weighted by Gasteiger charge is 1.94. The van der Waals surface area contributed by atoms with Gasteiger partial charge in [0.1, 0.15) is 0 Å². The summed E-state index contributed by atoms with van der Waals surface area (Å²) in [6.45, 7) is 4.48. The molecule has 0 aliphatic carbocycles. The number of aromatic amines is 1. The molecule has 3 nitrogen and oxygen atoms in total. The van der Waals surface area contributed by atoms with E-state index in [0.29, 0.717) is 0 Å². The first-order chi connectivity index (χ1) is 6.93. The van der Waals surface area contributed by atoms with E-state index in [0.717, 1.165) is 24.0 Å². The van der Waals surface area contributed by atoms with Crippen molar-refractivity contribution in [2.24, 2.45) is 0 Å². The highest BCUT2D eigenvalue weighted by Crippen LogP contribution is 2.13. The lowest BCUT2D eigenvalue weighted by Crippen LogP contribution is -2.15. The Kier molecular flexibility index (Phi) is 6.53. The Morgan fingerprint density at radius 1 is 1.43 bits per heavy atom. The second-order valence-corrected chi connectivity index (χ2v) is 4.28. The number of nitrogens with zero attached hydrogens (tertiary/aromatic N) is 1. The molecule has 0 fully saturated rings. The summed E-state index contributed by atoms with van der Waals surface area (Å²) in [4.78, 5) is 7.24. The van der Waals surface area contributed by atoms with Gasteiger partial charge in [-0.15, -0.1) is 0 Å². The zero-order valence-electron chi connectivity index (χ0n) is 8.75. The van der Waals surface area contributed by atoms with Crippen molar-refractivity contribution in [2.75, 3.05) is 18.8 Å². The van der Waals surface area contributed by atoms with Gasteiger partial charge in [0.05, 0.1) is 0 Å². The van der Waals surface area contributed by atoms with Crippen LogP contribution in [0.3, 0.4) is 0 Å². The summed E-state index contributed by atoms with van der Waals surface area (Å²) in [5.74, 6) is 1.15. The molecule has 80 valence electrons. The molecule has 1 aromatic rings. The molecule has 1 aromatic heterocycles. The predicted octanol–water partition coefficient (Wildman–Crippen LogP) is 2.28. The minimum absolute atomic E-state index is 1.03. The van der Waals surface area contributed by atoms with Gasteiger partial charge in [0.15, 0.2) is 5.16 Å². The second-order valence-electron chi connectivity index (χ2n) is 3.20. The van der Waals surface area contributed by atoms with Crippen LogP contribution in [0.4, 0.5) is 0 Å². The van der Waals surface area contributed by atoms with Crippen molar-refractivity contribution in [3.8, 4) is 0 Å². The fourth-order valence-corrected chi connectivity index (χ4v) is 1.98. The molecule has 1 heterocycles. The van der Waals surface area contributed by atoms with Gasteiger partial charge in [-0.25, -0.2) is 4.98 Å². The summed E-state index contributed by atoms with van der Waals surface area (Å²) in [7, 11) is 0. The van der Waals surface area contributed by atoms with Crippen LogP contribution in [0, 0.1) is 0 Å². The Bertz CT molecular complexity index is 211. The Balaban J connectivity index is 1.85. The van der Waals surface area contributed by atoms with E-state index < -0.39 is 0 Å². The molecule has 0 saturated carbocycles. The zero-order chi connectivity index (χ0) is 10.1. The maximum atomic E-state index is 4.16. The number of H-pyrrole nitrogens is 1. The Labute approximate surface area is 90.1 Å². The first-order valence-corrected chi connectivity index (χ1v) is 6.25. The van der Waals surface area contributed by atoms with Gasteiger partial charge in [-0.05, 0) is 32.4 Å². The van der Waals surface area contributed by atoms with Gasteiger partial charge in [-0.2, -0.15) is 0 Å². The van der Waals surface area contributed by atoms with Gasteiger partial charge in [0.25, 0.3) is 0 Å². The van der Waals surface area contributed by atoms with E-state index in [1.165, 1.54) is 19.3 Å². The maximum absolute atomic E-state index is 4.16. The standard InChI is InChI=1S/C10H19N3S/c1-2-5-11-6-3-4-9-14-10-12-7-8-13-10/h7-8,11H,2-6,9H2,1H3,(H,12,13). The van der Waals surface area contributed by atoms with Crippen molar-refractivity contribution >= 4 is 11.8 Å². The summed E-state index contributed by atoms with van der Waals surface area (Å²) in [5.41, 5.74) is 0. The summed E-state index contributed by atoms with van der Waals surface area (Å²) in [5, 5.41) is 4.43. The van der Waals surface area contributed by atoms with Crippen molar-refractivity contribution < 1.29 is 0 Å². The third-order valence-electron chi connectivity index (χ3n) is 1.89. The van der Waals surface area contributed by atoms with Crippen LogP contribution < -0.4 is 5.32 Å². The van der Waals surface area contributed by atoms with E-state index in [4.69, 9.17) is 0 Å². The monoisotopic (exact) mass is 213 g/mol. The van der Waals surface area contributed by atoms with E-state index in [-0.39, 0.29) is 0 Å². The van der Waals surface area contributed by atoms with Crippen LogP contribution in [-0.2, 0) is 0 Å². The van der Waals surface area contributed by atoms with Gasteiger partial charge < -0.3 is 10.3 Å². The van der Waals surface area contributed by atoms with Crippen LogP contribution in [0.1, 0.15) is 26.2 Å². The first-order valence-electron chi connectivity index (χ1n) is 5.26. The number of hydrogen-bond acceptors (Lipinski definition) is 3. The lowest BCUT2D eigenvalue weighted by Gasteiger charge is -2.01. The topological polar surface area (TPSA) is 40.7 Å². The van der Waals surface area contributed by atoms with Crippen molar-refractivity contribution in [1.29, 1.82) is 0 Å². The van der Waals surface area contributed by atoms with Crippen LogP contribution in [0.15, 0.2) is 17.6 Å². The third-order valence-corrected chi connectivity index (χ3v) is 2.88. The first kappa shape index (κ1) is 11.6. The highest BCUT2D eigenvalue weighted by molar-refractivity contribution is 7.99. The molecule has 0 amide bonds. The number of nitrogens with one attached hydrogen (secondary N) is 2. The molecule has 0 bridgehead atoms. The van der Waals surface area contributed by atoms with Gasteiger partial charge in [-0.3, -0.25) is 0 Å². The average molecular weight is 213 g/mol. The highest BCUT2D eigenvalue weighted by atomic mass is 32.2. The fraction of sp³-hybridized carbons (Fsp3) is 0.700. The lowest BCUT2D eigenvalue weighted by atomic mass is 10.3. The molecule has 4 heteroatoms. The number of unbranched alkanes of at least 4 members (excludes halogenated alkanes) is 1. The van der Waals surface area contributed by atoms with Crippen molar-refractivity contribution in [3.05, 3.63) is 12.4 Å². The molecule has 14 heavy (non-hydrogen) atoms. The molecule has 0 aliphatic rings. The largest absolute Gasteiger partial charge is 0.340 e. The van der Waals surface area contributed by atoms with Crippen molar-refractivity contribution in [2.45, 2.75) is 31.3 Å². The third kappa shape index (κ3) is 5.29. The minimum Gasteiger partial charge on any atom is -0.340 e. The fourth-order valence-electron chi connectivity index (χ4n) is 1.15. The van der Waals surface area contributed by atoms with Gasteiger partial charge in [0, 0.05) is 18.1 Å². The van der Waals surface area contributed by atoms with Gasteiger partial charge in [0.2, 0.25) is 0 Å². The number of rotatable bonds is 8. The molecule has 0 saturated heterocycles. The molecule has 1 rings (SSSR count). The molecule has 0 spiro atoms. The predicted molar refractivity (Wildman–Crippen MR) is 61.7 cm³/mol. The molecular formula is C10H19N3S. The van der Waals surface area contributed by atoms with E-state index in [1.807, 2.05) is 6.20 Å². The van der Waals surface area contributed by atoms with Gasteiger partial charge in [-0.1, -0.05) is 18.7 Å². The summed E-state index contributed by atoms with van der Waals surface area (Å²) in [6.07, 6.45) is 7.40. The van der Waals surface area contributed by atoms with Crippen LogP contribution in [0.5, 0.6) is 0 Å². The van der Waals surface area contributed by atoms with Crippen LogP contribution in [-0.4, -0.2) is 28.8 Å². The molecular weight excluding hydrogens is 194 g/mol. The number of hydrogen-bond donors (Lipinski definition) is 2. The normalized spacial score (nSPS) is 10.6. The smallest absolute Gasteiger partial charge is 0.165 e. The second kappa shape index (κ2) is 7.88. The summed E-state index contributed by atoms with van der Waals surface area (Å²) in [6, 6.07) is 0. The zero-order valence-corrected chi connectivity index (χ0v) is 9.57. The molecule has 0 aliphatic heterocycles. The number of thioether (sulfide) groups is 1. The molecule has 0 radical (unpaired) electrons. The van der Waals surface area contributed by atoms with Crippen molar-refractivity contribution in [1.82, 2.24) is 15.3 Å². The molecule has 0 unspecified atom stereocenters. The van der Waals surface area contributed by atoms with Crippen LogP contribution >= 0.6 is 11.8 Å². The minimum atomic E-state index is 1.03. The van der Waals surface area contributed by atoms with Crippen LogP contribution in [0.2, 0.25) is 0 Å². The molecule has 2 N–H and O–H groups in total. The number of aromatic nitrogens is 2. The van der Waals surface area contributed by atoms with E-state index >= 15 is 0 Å². The van der Waals surface area contributed by atoms with E-state index in [2.05, 4.69) is 22.2 Å². The lowest BCUT2D eigenvalue weighted by molar-refractivity contribution is 0.635. The van der Waals surface area contributed by atoms with Crippen LogP contribution in [0.25, 0.3) is 0 Å². The molecule has 0 aromatic carbocycles. The van der Waals surface area contributed by atoms with Gasteiger partial charge >= 0.3 is 0 Å². The SMILES string of the molecule is CCCNCCCCSc1ncc[nH]1. The molecule has 0 atom stereocenters. The Morgan fingerprint density at radius 3 is 3.07 bits per heavy atom. The Hall–Kier alpha value is -0.480. The average Bonchev–Trinajstić information content (AvgIpc) is 2.69. The van der Waals surface area contributed by atoms with E-state index in [1.54, 1.807) is 18.0 Å². The number of imidazole rings is 1. The summed E-state index contributed by atoms with van der Waals surface area (Å²) >= 11 is 1.80. The maximum Gasteiger partial charge on any atom is 0.165 e. The van der Waals surface area contributed by atoms with E-state index in [9.17, 15) is 0 Å². The van der Waals surface area contributed by atoms with Crippen molar-refractivity contribution in [3.63, 3.8) is 0 Å².